The van der Waals surface area contributed by atoms with Crippen molar-refractivity contribution in [3.8, 4) is 5.75 Å². The molecule has 0 aliphatic heterocycles. The molecule has 1 aromatic rings. The summed E-state index contributed by atoms with van der Waals surface area (Å²) in [4.78, 5) is 11.6. The maximum atomic E-state index is 11.6. The minimum absolute atomic E-state index is 0.0248. The van der Waals surface area contributed by atoms with Crippen molar-refractivity contribution in [3.63, 3.8) is 0 Å². The number of phenolic OH excluding ortho intramolecular Hbond substituents is 1. The van der Waals surface area contributed by atoms with E-state index >= 15 is 0 Å². The molecule has 0 atom stereocenters. The van der Waals surface area contributed by atoms with Crippen LogP contribution >= 0.6 is 0 Å². The number of benzene rings is 1. The molecule has 17 heavy (non-hydrogen) atoms. The average molecular weight is 236 g/mol. The summed E-state index contributed by atoms with van der Waals surface area (Å²) < 4.78 is 0. The fraction of sp³-hybridized carbons (Fsp3) is 0.462. The number of hydrogen-bond acceptors (Lipinski definition) is 3. The molecule has 1 aromatic carbocycles. The zero-order valence-corrected chi connectivity index (χ0v) is 10.6. The van der Waals surface area contributed by atoms with Crippen molar-refractivity contribution < 1.29 is 9.90 Å². The molecule has 0 bridgehead atoms. The van der Waals surface area contributed by atoms with Crippen LogP contribution in [0.25, 0.3) is 0 Å². The molecule has 1 amide bonds. The van der Waals surface area contributed by atoms with E-state index < -0.39 is 0 Å². The van der Waals surface area contributed by atoms with E-state index in [2.05, 4.69) is 10.6 Å². The number of aryl methyl sites for hydroxylation is 1. The van der Waals surface area contributed by atoms with Gasteiger partial charge in [-0.2, -0.15) is 0 Å². The van der Waals surface area contributed by atoms with E-state index in [9.17, 15) is 9.90 Å². The van der Waals surface area contributed by atoms with Crippen LogP contribution in [0.4, 0.5) is 5.69 Å². The second-order valence-electron chi connectivity index (χ2n) is 4.41. The number of hydrogen-bond donors (Lipinski definition) is 3. The van der Waals surface area contributed by atoms with Gasteiger partial charge in [-0.1, -0.05) is 13.8 Å². The third-order valence-corrected chi connectivity index (χ3v) is 2.39. The molecule has 0 fully saturated rings. The average Bonchev–Trinajstić information content (AvgIpc) is 2.23. The molecule has 0 saturated carbocycles. The Bertz CT molecular complexity index is 389. The molecule has 4 heteroatoms. The maximum Gasteiger partial charge on any atom is 0.225 e. The maximum absolute atomic E-state index is 11.6. The Hall–Kier alpha value is -1.55. The number of rotatable bonds is 5. The first kappa shape index (κ1) is 13.5. The molecule has 0 saturated heterocycles. The second-order valence-corrected chi connectivity index (χ2v) is 4.41. The third kappa shape index (κ3) is 4.87. The van der Waals surface area contributed by atoms with Crippen molar-refractivity contribution >= 4 is 11.6 Å². The standard InChI is InChI=1S/C13H20N2O2/c1-9(2)14-7-6-13(17)15-11-4-5-12(16)10(3)8-11/h4-5,8-9,14,16H,6-7H2,1-3H3,(H,15,17). The van der Waals surface area contributed by atoms with Crippen molar-refractivity contribution in [2.24, 2.45) is 0 Å². The van der Waals surface area contributed by atoms with Crippen LogP contribution in [0.15, 0.2) is 18.2 Å². The predicted octanol–water partition coefficient (Wildman–Crippen LogP) is 2.03. The van der Waals surface area contributed by atoms with Crippen LogP contribution in [0.3, 0.4) is 0 Å². The molecule has 0 aliphatic carbocycles. The van der Waals surface area contributed by atoms with E-state index in [-0.39, 0.29) is 11.7 Å². The lowest BCUT2D eigenvalue weighted by atomic mass is 10.2. The topological polar surface area (TPSA) is 61.4 Å². The lowest BCUT2D eigenvalue weighted by Crippen LogP contribution is -2.27. The number of anilines is 1. The van der Waals surface area contributed by atoms with Crippen LogP contribution in [0.1, 0.15) is 25.8 Å². The highest BCUT2D eigenvalue weighted by molar-refractivity contribution is 5.91. The molecule has 1 rings (SSSR count). The predicted molar refractivity (Wildman–Crippen MR) is 69.2 cm³/mol. The van der Waals surface area contributed by atoms with E-state index in [1.807, 2.05) is 13.8 Å². The van der Waals surface area contributed by atoms with Crippen LogP contribution < -0.4 is 10.6 Å². The van der Waals surface area contributed by atoms with Crippen LogP contribution in [-0.2, 0) is 4.79 Å². The SMILES string of the molecule is Cc1cc(NC(=O)CCNC(C)C)ccc1O. The van der Waals surface area contributed by atoms with Gasteiger partial charge >= 0.3 is 0 Å². The normalized spacial score (nSPS) is 10.6. The Morgan fingerprint density at radius 3 is 2.71 bits per heavy atom. The molecule has 0 heterocycles. The van der Waals surface area contributed by atoms with Crippen molar-refractivity contribution in [1.82, 2.24) is 5.32 Å². The number of carbonyl (C=O) groups excluding carboxylic acids is 1. The molecule has 0 spiro atoms. The summed E-state index contributed by atoms with van der Waals surface area (Å²) in [5, 5.41) is 15.3. The van der Waals surface area contributed by atoms with Gasteiger partial charge in [0.2, 0.25) is 5.91 Å². The Labute approximate surface area is 102 Å². The fourth-order valence-electron chi connectivity index (χ4n) is 1.43. The number of nitrogens with one attached hydrogen (secondary N) is 2. The van der Waals surface area contributed by atoms with Crippen molar-refractivity contribution in [2.45, 2.75) is 33.2 Å². The zero-order valence-electron chi connectivity index (χ0n) is 10.6. The summed E-state index contributed by atoms with van der Waals surface area (Å²) >= 11 is 0. The van der Waals surface area contributed by atoms with Gasteiger partial charge in [0.15, 0.2) is 0 Å². The van der Waals surface area contributed by atoms with E-state index in [1.54, 1.807) is 25.1 Å². The molecule has 94 valence electrons. The second kappa shape index (κ2) is 6.25. The van der Waals surface area contributed by atoms with Gasteiger partial charge in [-0.3, -0.25) is 4.79 Å². The Morgan fingerprint density at radius 1 is 1.41 bits per heavy atom. The molecule has 4 nitrogen and oxygen atoms in total. The molecule has 3 N–H and O–H groups in total. The summed E-state index contributed by atoms with van der Waals surface area (Å²) in [6, 6.07) is 5.41. The quantitative estimate of drug-likeness (QED) is 0.685. The van der Waals surface area contributed by atoms with E-state index in [4.69, 9.17) is 0 Å². The first-order valence-electron chi connectivity index (χ1n) is 5.82. The molecule has 0 radical (unpaired) electrons. The number of phenols is 1. The van der Waals surface area contributed by atoms with Crippen molar-refractivity contribution in [1.29, 1.82) is 0 Å². The van der Waals surface area contributed by atoms with Crippen LogP contribution in [0, 0.1) is 6.92 Å². The van der Waals surface area contributed by atoms with Gasteiger partial charge in [-0.25, -0.2) is 0 Å². The van der Waals surface area contributed by atoms with Gasteiger partial charge in [0.1, 0.15) is 5.75 Å². The van der Waals surface area contributed by atoms with E-state index in [0.717, 1.165) is 11.3 Å². The minimum atomic E-state index is -0.0248. The lowest BCUT2D eigenvalue weighted by Gasteiger charge is -2.09. The molecular weight excluding hydrogens is 216 g/mol. The highest BCUT2D eigenvalue weighted by Gasteiger charge is 2.04. The molecule has 0 aliphatic rings. The van der Waals surface area contributed by atoms with Crippen LogP contribution in [0.5, 0.6) is 5.75 Å². The summed E-state index contributed by atoms with van der Waals surface area (Å²) in [7, 11) is 0. The first-order chi connectivity index (χ1) is 7.99. The number of amides is 1. The molecule has 0 unspecified atom stereocenters. The van der Waals surface area contributed by atoms with Crippen LogP contribution in [-0.4, -0.2) is 23.6 Å². The highest BCUT2D eigenvalue weighted by atomic mass is 16.3. The van der Waals surface area contributed by atoms with E-state index in [0.29, 0.717) is 19.0 Å². The van der Waals surface area contributed by atoms with Gasteiger partial charge in [0.25, 0.3) is 0 Å². The van der Waals surface area contributed by atoms with E-state index in [1.165, 1.54) is 0 Å². The lowest BCUT2D eigenvalue weighted by molar-refractivity contribution is -0.116. The van der Waals surface area contributed by atoms with Crippen molar-refractivity contribution in [2.75, 3.05) is 11.9 Å². The summed E-state index contributed by atoms with van der Waals surface area (Å²) in [5.41, 5.74) is 1.47. The van der Waals surface area contributed by atoms with Gasteiger partial charge in [0.05, 0.1) is 0 Å². The zero-order chi connectivity index (χ0) is 12.8. The molecular formula is C13H20N2O2. The summed E-state index contributed by atoms with van der Waals surface area (Å²) in [5.74, 6) is 0.215. The van der Waals surface area contributed by atoms with Crippen molar-refractivity contribution in [3.05, 3.63) is 23.8 Å². The van der Waals surface area contributed by atoms with Gasteiger partial charge in [-0.05, 0) is 30.7 Å². The largest absolute Gasteiger partial charge is 0.508 e. The summed E-state index contributed by atoms with van der Waals surface area (Å²) in [6.45, 7) is 6.55. The Kier molecular flexibility index (Phi) is 4.97. The smallest absolute Gasteiger partial charge is 0.225 e. The minimum Gasteiger partial charge on any atom is -0.508 e. The molecule has 0 aromatic heterocycles. The van der Waals surface area contributed by atoms with Crippen LogP contribution in [0.2, 0.25) is 0 Å². The Morgan fingerprint density at radius 2 is 2.12 bits per heavy atom. The number of carbonyl (C=O) groups is 1. The van der Waals surface area contributed by atoms with Gasteiger partial charge in [0, 0.05) is 24.7 Å². The summed E-state index contributed by atoms with van der Waals surface area (Å²) in [6.07, 6.45) is 0.443. The number of aromatic hydroxyl groups is 1. The van der Waals surface area contributed by atoms with Gasteiger partial charge in [-0.15, -0.1) is 0 Å². The first-order valence-corrected chi connectivity index (χ1v) is 5.82. The highest BCUT2D eigenvalue weighted by Crippen LogP contribution is 2.20. The fourth-order valence-corrected chi connectivity index (χ4v) is 1.43. The monoisotopic (exact) mass is 236 g/mol. The third-order valence-electron chi connectivity index (χ3n) is 2.39. The van der Waals surface area contributed by atoms with Gasteiger partial charge < -0.3 is 15.7 Å². The Balaban J connectivity index is 2.42.